The van der Waals surface area contributed by atoms with Crippen LogP contribution in [-0.4, -0.2) is 54.1 Å². The molecule has 3 heterocycles. The van der Waals surface area contributed by atoms with Crippen LogP contribution in [0.2, 0.25) is 0 Å². The molecule has 0 radical (unpaired) electrons. The van der Waals surface area contributed by atoms with Crippen LogP contribution < -0.4 is 0 Å². The Balaban J connectivity index is 1.45. The number of carbonyl (C=O) groups excluding carboxylic acids is 1. The number of esters is 1. The summed E-state index contributed by atoms with van der Waals surface area (Å²) >= 11 is -1.35. The second-order valence-corrected chi connectivity index (χ2v) is 11.2. The maximum absolute atomic E-state index is 13.5. The van der Waals surface area contributed by atoms with Gasteiger partial charge in [-0.1, -0.05) is 6.92 Å². The zero-order valence-electron chi connectivity index (χ0n) is 21.9. The van der Waals surface area contributed by atoms with Crippen LogP contribution in [0.1, 0.15) is 44.2 Å². The van der Waals surface area contributed by atoms with E-state index in [2.05, 4.69) is 17.1 Å². The third-order valence-electron chi connectivity index (χ3n) is 7.24. The van der Waals surface area contributed by atoms with E-state index in [9.17, 15) is 13.7 Å². The number of ether oxygens (including phenoxy) is 1. The molecule has 0 spiro atoms. The minimum atomic E-state index is -1.35. The molecule has 10 heteroatoms. The van der Waals surface area contributed by atoms with Crippen LogP contribution in [0.3, 0.4) is 0 Å². The van der Waals surface area contributed by atoms with E-state index in [1.54, 1.807) is 29.2 Å². The van der Waals surface area contributed by atoms with Gasteiger partial charge in [0.25, 0.3) is 0 Å². The maximum Gasteiger partial charge on any atom is 0.316 e. The Hall–Kier alpha value is -3.21. The molecule has 0 N–H and O–H groups in total. The normalized spacial score (nSPS) is 16.6. The molecular weight excluding hydrogens is 505 g/mol. The largest absolute Gasteiger partial charge is 0.593 e. The summed E-state index contributed by atoms with van der Waals surface area (Å²) in [6.07, 6.45) is 7.18. The first kappa shape index (κ1) is 26.4. The van der Waals surface area contributed by atoms with Gasteiger partial charge in [-0.15, -0.1) is 4.31 Å². The predicted octanol–water partition coefficient (Wildman–Crippen LogP) is 4.70. The van der Waals surface area contributed by atoms with E-state index >= 15 is 0 Å². The van der Waals surface area contributed by atoms with Crippen molar-refractivity contribution in [1.29, 1.82) is 0 Å². The summed E-state index contributed by atoms with van der Waals surface area (Å²) in [5.41, 5.74) is 2.64. The lowest BCUT2D eigenvalue weighted by atomic mass is 9.71. The number of hydrogen-bond donors (Lipinski definition) is 0. The van der Waals surface area contributed by atoms with Crippen LogP contribution in [0.25, 0.3) is 16.6 Å². The van der Waals surface area contributed by atoms with Crippen molar-refractivity contribution in [3.63, 3.8) is 0 Å². The maximum atomic E-state index is 13.5. The Labute approximate surface area is 224 Å². The number of aromatic nitrogens is 4. The second kappa shape index (κ2) is 10.9. The quantitative estimate of drug-likeness (QED) is 0.239. The van der Waals surface area contributed by atoms with E-state index in [1.807, 2.05) is 41.2 Å². The van der Waals surface area contributed by atoms with E-state index in [1.165, 1.54) is 12.1 Å². The van der Waals surface area contributed by atoms with Crippen molar-refractivity contribution in [2.75, 3.05) is 19.7 Å². The fourth-order valence-electron chi connectivity index (χ4n) is 5.30. The predicted molar refractivity (Wildman–Crippen MR) is 144 cm³/mol. The van der Waals surface area contributed by atoms with Gasteiger partial charge in [0.1, 0.15) is 12.0 Å². The number of fused-ring (bicyclic) bond motifs is 1. The van der Waals surface area contributed by atoms with Gasteiger partial charge in [-0.25, -0.2) is 9.07 Å². The Morgan fingerprint density at radius 1 is 1.13 bits per heavy atom. The van der Waals surface area contributed by atoms with Crippen LogP contribution in [0.4, 0.5) is 4.39 Å². The minimum Gasteiger partial charge on any atom is -0.593 e. The van der Waals surface area contributed by atoms with E-state index in [-0.39, 0.29) is 18.4 Å². The van der Waals surface area contributed by atoms with Crippen LogP contribution in [0, 0.1) is 12.7 Å². The topological polar surface area (TPSA) is 88.2 Å². The number of nitrogens with zero attached hydrogens (tertiary/aromatic N) is 5. The van der Waals surface area contributed by atoms with Crippen LogP contribution in [-0.2, 0) is 32.9 Å². The summed E-state index contributed by atoms with van der Waals surface area (Å²) in [6.45, 7) is 7.91. The molecule has 1 fully saturated rings. The van der Waals surface area contributed by atoms with E-state index < -0.39 is 16.8 Å². The summed E-state index contributed by atoms with van der Waals surface area (Å²) in [4.78, 5) is 14.2. The molecule has 2 aromatic heterocycles. The number of halogens is 1. The molecule has 1 aliphatic rings. The fraction of sp³-hybridized carbons (Fsp3) is 0.393. The van der Waals surface area contributed by atoms with Crippen LogP contribution in [0.5, 0.6) is 0 Å². The lowest BCUT2D eigenvalue weighted by Gasteiger charge is -2.40. The van der Waals surface area contributed by atoms with Gasteiger partial charge in [0.05, 0.1) is 47.0 Å². The molecule has 1 atom stereocenters. The van der Waals surface area contributed by atoms with E-state index in [0.717, 1.165) is 40.7 Å². The standard InChI is InChI=1S/C28H32FN5O3S/c1-4-12-32-19-24(18-30-32)38(36)33-13-10-28(11-14-33,27(35)37-5-2)25-16-21-17-31-34(26(21)15-20(25)3)23-8-6-22(29)7-9-23/h6-9,15-19H,4-5,10-14H2,1-3H3. The zero-order chi connectivity index (χ0) is 26.9. The third kappa shape index (κ3) is 4.83. The highest BCUT2D eigenvalue weighted by Gasteiger charge is 2.47. The van der Waals surface area contributed by atoms with Gasteiger partial charge >= 0.3 is 5.97 Å². The average Bonchev–Trinajstić information content (AvgIpc) is 3.56. The SMILES string of the molecule is CCCn1cc([S+]([O-])N2CCC(C(=O)OCC)(c3cc4cnn(-c5ccc(F)cc5)c4cc3C)CC2)cn1. The Bertz CT molecular complexity index is 1430. The molecule has 0 bridgehead atoms. The van der Waals surface area contributed by atoms with Gasteiger partial charge in [-0.2, -0.15) is 10.2 Å². The molecule has 1 aliphatic heterocycles. The first-order valence-corrected chi connectivity index (χ1v) is 14.1. The van der Waals surface area contributed by atoms with Crippen LogP contribution in [0.15, 0.2) is 59.9 Å². The molecule has 0 aliphatic carbocycles. The van der Waals surface area contributed by atoms with Gasteiger partial charge < -0.3 is 9.29 Å². The third-order valence-corrected chi connectivity index (χ3v) is 8.69. The number of rotatable bonds is 8. The molecule has 38 heavy (non-hydrogen) atoms. The highest BCUT2D eigenvalue weighted by Crippen LogP contribution is 2.41. The van der Waals surface area contributed by atoms with Crippen molar-refractivity contribution in [3.05, 3.63) is 71.9 Å². The first-order chi connectivity index (χ1) is 18.4. The van der Waals surface area contributed by atoms with Crippen molar-refractivity contribution in [1.82, 2.24) is 23.9 Å². The van der Waals surface area contributed by atoms with Crippen molar-refractivity contribution in [2.45, 2.75) is 56.9 Å². The van der Waals surface area contributed by atoms with Gasteiger partial charge in [0.15, 0.2) is 0 Å². The van der Waals surface area contributed by atoms with E-state index in [0.29, 0.717) is 30.8 Å². The summed E-state index contributed by atoms with van der Waals surface area (Å²) in [6, 6.07) is 10.2. The number of aryl methyl sites for hydroxylation is 2. The fourth-order valence-corrected chi connectivity index (χ4v) is 6.47. The zero-order valence-corrected chi connectivity index (χ0v) is 22.7. The minimum absolute atomic E-state index is 0.255. The molecule has 2 aromatic carbocycles. The highest BCUT2D eigenvalue weighted by molar-refractivity contribution is 7.89. The monoisotopic (exact) mass is 537 g/mol. The Morgan fingerprint density at radius 2 is 1.87 bits per heavy atom. The van der Waals surface area contributed by atoms with Gasteiger partial charge in [-0.3, -0.25) is 9.48 Å². The lowest BCUT2D eigenvalue weighted by molar-refractivity contribution is -0.152. The number of hydrogen-bond acceptors (Lipinski definition) is 6. The summed E-state index contributed by atoms with van der Waals surface area (Å²) in [7, 11) is 0. The van der Waals surface area contributed by atoms with Gasteiger partial charge in [0, 0.05) is 25.0 Å². The molecule has 0 saturated carbocycles. The molecule has 8 nitrogen and oxygen atoms in total. The van der Waals surface area contributed by atoms with Gasteiger partial charge in [0.2, 0.25) is 4.90 Å². The summed E-state index contributed by atoms with van der Waals surface area (Å²) < 4.78 is 37.8. The van der Waals surface area contributed by atoms with Crippen molar-refractivity contribution < 1.29 is 18.5 Å². The molecule has 1 unspecified atom stereocenters. The van der Waals surface area contributed by atoms with E-state index in [4.69, 9.17) is 4.74 Å². The molecule has 4 aromatic rings. The molecule has 5 rings (SSSR count). The summed E-state index contributed by atoms with van der Waals surface area (Å²) in [5.74, 6) is -0.559. The molecule has 1 saturated heterocycles. The van der Waals surface area contributed by atoms with Crippen LogP contribution >= 0.6 is 0 Å². The second-order valence-electron chi connectivity index (χ2n) is 9.68. The lowest BCUT2D eigenvalue weighted by Crippen LogP contribution is -2.50. The smallest absolute Gasteiger partial charge is 0.316 e. The van der Waals surface area contributed by atoms with Crippen molar-refractivity contribution >= 4 is 28.2 Å². The molecule has 0 amide bonds. The Kier molecular flexibility index (Phi) is 7.56. The molecular formula is C28H32FN5O3S. The summed E-state index contributed by atoms with van der Waals surface area (Å²) in [5, 5.41) is 9.73. The average molecular weight is 538 g/mol. The van der Waals surface area contributed by atoms with Crippen molar-refractivity contribution in [2.24, 2.45) is 0 Å². The van der Waals surface area contributed by atoms with Crippen molar-refractivity contribution in [3.8, 4) is 5.69 Å². The van der Waals surface area contributed by atoms with Gasteiger partial charge in [-0.05, 0) is 80.6 Å². The molecule has 200 valence electrons. The number of piperidine rings is 1. The number of carbonyl (C=O) groups is 1. The first-order valence-electron chi connectivity index (χ1n) is 13.0. The highest BCUT2D eigenvalue weighted by atomic mass is 32.2. The number of benzene rings is 2. The Morgan fingerprint density at radius 3 is 2.55 bits per heavy atom.